The molecular weight excluding hydrogens is 448 g/mol. The molecule has 3 heterocycles. The van der Waals surface area contributed by atoms with E-state index in [1.807, 2.05) is 32.0 Å². The molecule has 0 N–H and O–H groups in total. The van der Waals surface area contributed by atoms with Crippen molar-refractivity contribution >= 4 is 32.6 Å². The summed E-state index contributed by atoms with van der Waals surface area (Å²) in [5.74, 6) is 0.512. The zero-order valence-corrected chi connectivity index (χ0v) is 20.9. The Labute approximate surface area is 200 Å². The summed E-state index contributed by atoms with van der Waals surface area (Å²) >= 11 is 0. The predicted octanol–water partition coefficient (Wildman–Crippen LogP) is 5.41. The number of benzene rings is 2. The minimum atomic E-state index is -3.66. The van der Waals surface area contributed by atoms with E-state index in [0.717, 1.165) is 37.1 Å². The molecule has 1 fully saturated rings. The summed E-state index contributed by atoms with van der Waals surface area (Å²) in [6.45, 7) is 10.2. The van der Waals surface area contributed by atoms with Crippen LogP contribution < -0.4 is 10.3 Å². The van der Waals surface area contributed by atoms with Gasteiger partial charge in [-0.3, -0.25) is 4.79 Å². The topological polar surface area (TPSA) is 80.0 Å². The molecule has 0 bridgehead atoms. The number of hydrogen-bond donors (Lipinski definition) is 0. The molecule has 2 aliphatic heterocycles. The number of aryl methyl sites for hydroxylation is 1. The van der Waals surface area contributed by atoms with Gasteiger partial charge in [0.05, 0.1) is 16.0 Å². The van der Waals surface area contributed by atoms with Crippen molar-refractivity contribution < 1.29 is 12.8 Å². The van der Waals surface area contributed by atoms with Gasteiger partial charge in [-0.25, -0.2) is 0 Å². The van der Waals surface area contributed by atoms with Crippen molar-refractivity contribution in [3.05, 3.63) is 69.4 Å². The lowest BCUT2D eigenvalue weighted by Crippen LogP contribution is -2.37. The molecule has 6 nitrogen and oxygen atoms in total. The first-order valence-corrected chi connectivity index (χ1v) is 13.2. The molecule has 0 aliphatic carbocycles. The van der Waals surface area contributed by atoms with Crippen LogP contribution in [0.2, 0.25) is 0 Å². The second kappa shape index (κ2) is 8.08. The summed E-state index contributed by atoms with van der Waals surface area (Å²) < 4.78 is 35.5. The Morgan fingerprint density at radius 1 is 1.12 bits per heavy atom. The van der Waals surface area contributed by atoms with Gasteiger partial charge in [0, 0.05) is 24.7 Å². The van der Waals surface area contributed by atoms with Gasteiger partial charge in [-0.1, -0.05) is 45.0 Å². The van der Waals surface area contributed by atoms with E-state index in [4.69, 9.17) is 4.42 Å². The first-order chi connectivity index (χ1) is 16.0. The molecule has 5 rings (SSSR count). The van der Waals surface area contributed by atoms with E-state index in [1.165, 1.54) is 0 Å². The van der Waals surface area contributed by atoms with Crippen molar-refractivity contribution in [2.75, 3.05) is 18.0 Å². The second-order valence-corrected chi connectivity index (χ2v) is 12.0. The standard InChI is InChI=1S/C27H30N2O4S/c1-17-13-20(18(2)15-22-19-7-5-6-8-24(19)34(31,32)28-22)26-21(14-17)23(30)16-25(33-26)29-11-9-27(3,4)10-12-29/h5-8,13-14,16,18H,9-12,15H2,1-4H3/t18-/m0/s1. The highest BCUT2D eigenvalue weighted by atomic mass is 32.2. The number of anilines is 1. The van der Waals surface area contributed by atoms with Gasteiger partial charge in [0.15, 0.2) is 11.3 Å². The van der Waals surface area contributed by atoms with Crippen LogP contribution in [0.1, 0.15) is 62.6 Å². The van der Waals surface area contributed by atoms with Crippen molar-refractivity contribution in [3.63, 3.8) is 0 Å². The maximum absolute atomic E-state index is 13.1. The molecule has 1 saturated heterocycles. The summed E-state index contributed by atoms with van der Waals surface area (Å²) in [5, 5.41) is 0.560. The maximum atomic E-state index is 13.1. The van der Waals surface area contributed by atoms with Crippen LogP contribution >= 0.6 is 0 Å². The van der Waals surface area contributed by atoms with Crippen molar-refractivity contribution in [2.24, 2.45) is 9.81 Å². The Bertz CT molecular complexity index is 1470. The second-order valence-electron chi connectivity index (χ2n) is 10.4. The van der Waals surface area contributed by atoms with E-state index in [1.54, 1.807) is 24.3 Å². The minimum Gasteiger partial charge on any atom is -0.440 e. The molecule has 3 aromatic rings. The number of sulfonamides is 1. The molecule has 2 aromatic carbocycles. The van der Waals surface area contributed by atoms with Crippen LogP contribution in [-0.4, -0.2) is 27.2 Å². The number of rotatable bonds is 4. The summed E-state index contributed by atoms with van der Waals surface area (Å²) in [5.41, 5.74) is 3.90. The fourth-order valence-electron chi connectivity index (χ4n) is 5.00. The van der Waals surface area contributed by atoms with Crippen molar-refractivity contribution in [2.45, 2.75) is 57.8 Å². The van der Waals surface area contributed by atoms with Gasteiger partial charge in [0.1, 0.15) is 5.58 Å². The van der Waals surface area contributed by atoms with E-state index in [9.17, 15) is 13.2 Å². The lowest BCUT2D eigenvalue weighted by molar-refractivity contribution is 0.274. The van der Waals surface area contributed by atoms with Crippen LogP contribution in [0, 0.1) is 12.3 Å². The number of nitrogens with zero attached hydrogens (tertiary/aromatic N) is 2. The third kappa shape index (κ3) is 4.06. The van der Waals surface area contributed by atoms with E-state index < -0.39 is 10.0 Å². The molecule has 0 unspecified atom stereocenters. The lowest BCUT2D eigenvalue weighted by Gasteiger charge is -2.37. The van der Waals surface area contributed by atoms with Gasteiger partial charge in [0.2, 0.25) is 0 Å². The molecule has 178 valence electrons. The molecule has 0 radical (unpaired) electrons. The average Bonchev–Trinajstić information content (AvgIpc) is 3.03. The van der Waals surface area contributed by atoms with Gasteiger partial charge >= 0.3 is 0 Å². The van der Waals surface area contributed by atoms with Gasteiger partial charge in [-0.15, -0.1) is 0 Å². The van der Waals surface area contributed by atoms with Crippen LogP contribution in [0.15, 0.2) is 61.0 Å². The molecule has 7 heteroatoms. The van der Waals surface area contributed by atoms with Crippen LogP contribution in [-0.2, 0) is 10.0 Å². The summed E-state index contributed by atoms with van der Waals surface area (Å²) in [7, 11) is -3.66. The first kappa shape index (κ1) is 22.8. The highest BCUT2D eigenvalue weighted by Crippen LogP contribution is 2.36. The Morgan fingerprint density at radius 3 is 2.56 bits per heavy atom. The Hall–Kier alpha value is -2.93. The molecule has 0 saturated carbocycles. The molecule has 0 spiro atoms. The third-order valence-electron chi connectivity index (χ3n) is 7.15. The highest BCUT2D eigenvalue weighted by Gasteiger charge is 2.30. The minimum absolute atomic E-state index is 0.0515. The largest absolute Gasteiger partial charge is 0.440 e. The van der Waals surface area contributed by atoms with Gasteiger partial charge in [0.25, 0.3) is 10.0 Å². The van der Waals surface area contributed by atoms with Gasteiger partial charge in [-0.2, -0.15) is 12.8 Å². The van der Waals surface area contributed by atoms with Crippen molar-refractivity contribution in [3.8, 4) is 0 Å². The first-order valence-electron chi connectivity index (χ1n) is 11.8. The normalized spacial score (nSPS) is 19.6. The Morgan fingerprint density at radius 2 is 1.82 bits per heavy atom. The van der Waals surface area contributed by atoms with Gasteiger partial charge < -0.3 is 9.32 Å². The summed E-state index contributed by atoms with van der Waals surface area (Å²) in [6, 6.07) is 12.5. The SMILES string of the molecule is Cc1cc([C@@H](C)CC2=NS(=O)(=O)c3ccccc32)c2oc(N3CCC(C)(C)CC3)cc(=O)c2c1. The zero-order chi connectivity index (χ0) is 24.3. The van der Waals surface area contributed by atoms with Crippen LogP contribution in [0.5, 0.6) is 0 Å². The fraction of sp³-hybridized carbons (Fsp3) is 0.407. The highest BCUT2D eigenvalue weighted by molar-refractivity contribution is 7.90. The zero-order valence-electron chi connectivity index (χ0n) is 20.1. The van der Waals surface area contributed by atoms with Crippen molar-refractivity contribution in [1.82, 2.24) is 0 Å². The van der Waals surface area contributed by atoms with E-state index >= 15 is 0 Å². The summed E-state index contributed by atoms with van der Waals surface area (Å²) in [4.78, 5) is 15.5. The number of hydrogen-bond acceptors (Lipinski definition) is 5. The molecule has 34 heavy (non-hydrogen) atoms. The predicted molar refractivity (Wildman–Crippen MR) is 136 cm³/mol. The van der Waals surface area contributed by atoms with Crippen LogP contribution in [0.3, 0.4) is 0 Å². The van der Waals surface area contributed by atoms with Crippen LogP contribution in [0.4, 0.5) is 5.88 Å². The van der Waals surface area contributed by atoms with E-state index in [2.05, 4.69) is 23.1 Å². The third-order valence-corrected chi connectivity index (χ3v) is 8.53. The quantitative estimate of drug-likeness (QED) is 0.501. The van der Waals surface area contributed by atoms with E-state index in [-0.39, 0.29) is 16.2 Å². The molecular formula is C27H30N2O4S. The van der Waals surface area contributed by atoms with Crippen molar-refractivity contribution in [1.29, 1.82) is 0 Å². The monoisotopic (exact) mass is 478 g/mol. The number of fused-ring (bicyclic) bond motifs is 2. The summed E-state index contributed by atoms with van der Waals surface area (Å²) in [6.07, 6.45) is 2.51. The van der Waals surface area contributed by atoms with Gasteiger partial charge in [-0.05, 0) is 60.8 Å². The smallest absolute Gasteiger partial charge is 0.283 e. The lowest BCUT2D eigenvalue weighted by atomic mass is 9.83. The molecule has 1 aromatic heterocycles. The Kier molecular flexibility index (Phi) is 5.43. The number of piperidine rings is 1. The fourth-order valence-corrected chi connectivity index (χ4v) is 6.27. The van der Waals surface area contributed by atoms with E-state index in [0.29, 0.717) is 40.0 Å². The van der Waals surface area contributed by atoms with Crippen LogP contribution in [0.25, 0.3) is 11.0 Å². The molecule has 2 aliphatic rings. The average molecular weight is 479 g/mol. The molecule has 1 atom stereocenters. The molecule has 0 amide bonds. The maximum Gasteiger partial charge on any atom is 0.283 e. The Balaban J connectivity index is 1.54.